The van der Waals surface area contributed by atoms with Gasteiger partial charge >= 0.3 is 0 Å². The number of aromatic hydroxyl groups is 1. The van der Waals surface area contributed by atoms with Gasteiger partial charge in [-0.25, -0.2) is 4.98 Å². The van der Waals surface area contributed by atoms with Crippen LogP contribution in [0.5, 0.6) is 5.75 Å². The smallest absolute Gasteiger partial charge is 0.115 e. The molecule has 0 spiro atoms. The Hall–Kier alpha value is -1.77. The van der Waals surface area contributed by atoms with Crippen molar-refractivity contribution in [3.8, 4) is 17.0 Å². The van der Waals surface area contributed by atoms with Crippen molar-refractivity contribution in [2.45, 2.75) is 18.8 Å². The van der Waals surface area contributed by atoms with Crippen molar-refractivity contribution >= 4 is 0 Å². The number of hydrogen-bond donors (Lipinski definition) is 1. The molecule has 2 aromatic rings. The molecule has 1 aromatic carbocycles. The van der Waals surface area contributed by atoms with E-state index in [1.165, 1.54) is 18.7 Å². The van der Waals surface area contributed by atoms with Crippen LogP contribution in [0.2, 0.25) is 0 Å². The van der Waals surface area contributed by atoms with Gasteiger partial charge in [-0.3, -0.25) is 0 Å². The maximum absolute atomic E-state index is 9.24. The van der Waals surface area contributed by atoms with Crippen LogP contribution in [0.1, 0.15) is 24.6 Å². The fourth-order valence-electron chi connectivity index (χ4n) is 1.97. The summed E-state index contributed by atoms with van der Waals surface area (Å²) in [6.45, 7) is 0. The molecule has 1 aromatic heterocycles. The second-order valence-electron chi connectivity index (χ2n) is 4.42. The predicted octanol–water partition coefficient (Wildman–Crippen LogP) is 2.67. The van der Waals surface area contributed by atoms with Gasteiger partial charge in [0, 0.05) is 24.7 Å². The Morgan fingerprint density at radius 2 is 1.94 bits per heavy atom. The maximum Gasteiger partial charge on any atom is 0.115 e. The topological polar surface area (TPSA) is 38.0 Å². The lowest BCUT2D eigenvalue weighted by Crippen LogP contribution is -1.93. The van der Waals surface area contributed by atoms with Crippen LogP contribution in [0.3, 0.4) is 0 Å². The minimum atomic E-state index is 0.294. The van der Waals surface area contributed by atoms with Crippen LogP contribution >= 0.6 is 0 Å². The molecular weight excluding hydrogens is 200 g/mol. The molecule has 0 aliphatic heterocycles. The molecule has 3 rings (SSSR count). The van der Waals surface area contributed by atoms with E-state index >= 15 is 0 Å². The molecule has 0 radical (unpaired) electrons. The predicted molar refractivity (Wildman–Crippen MR) is 62.3 cm³/mol. The SMILES string of the molecule is Cn1cc(-c2ccc(O)cc2)nc1C1CC1. The van der Waals surface area contributed by atoms with Crippen LogP contribution in [0, 0.1) is 0 Å². The Kier molecular flexibility index (Phi) is 1.99. The number of phenolic OH excluding ortho intramolecular Hbond substituents is 1. The first-order valence-corrected chi connectivity index (χ1v) is 5.57. The molecule has 16 heavy (non-hydrogen) atoms. The number of rotatable bonds is 2. The van der Waals surface area contributed by atoms with Crippen molar-refractivity contribution in [1.29, 1.82) is 0 Å². The molecule has 0 amide bonds. The largest absolute Gasteiger partial charge is 0.508 e. The summed E-state index contributed by atoms with van der Waals surface area (Å²) >= 11 is 0. The van der Waals surface area contributed by atoms with Gasteiger partial charge in [0.1, 0.15) is 11.6 Å². The summed E-state index contributed by atoms with van der Waals surface area (Å²) in [7, 11) is 2.05. The molecule has 0 atom stereocenters. The highest BCUT2D eigenvalue weighted by Gasteiger charge is 2.28. The highest BCUT2D eigenvalue weighted by Crippen LogP contribution is 2.39. The van der Waals surface area contributed by atoms with Crippen LogP contribution in [0.15, 0.2) is 30.5 Å². The van der Waals surface area contributed by atoms with E-state index in [2.05, 4.69) is 15.7 Å². The molecule has 3 heteroatoms. The first-order chi connectivity index (χ1) is 7.74. The average molecular weight is 214 g/mol. The Morgan fingerprint density at radius 3 is 2.56 bits per heavy atom. The third-order valence-corrected chi connectivity index (χ3v) is 3.02. The number of benzene rings is 1. The number of nitrogens with zero attached hydrogens (tertiary/aromatic N) is 2. The molecule has 0 saturated heterocycles. The number of aromatic nitrogens is 2. The third kappa shape index (κ3) is 1.58. The highest BCUT2D eigenvalue weighted by atomic mass is 16.3. The van der Waals surface area contributed by atoms with Gasteiger partial charge in [0.25, 0.3) is 0 Å². The second-order valence-corrected chi connectivity index (χ2v) is 4.42. The van der Waals surface area contributed by atoms with E-state index in [1.807, 2.05) is 19.2 Å². The summed E-state index contributed by atoms with van der Waals surface area (Å²) in [5, 5.41) is 9.24. The Balaban J connectivity index is 1.99. The van der Waals surface area contributed by atoms with Gasteiger partial charge in [-0.15, -0.1) is 0 Å². The van der Waals surface area contributed by atoms with Crippen LogP contribution in [-0.2, 0) is 7.05 Å². The van der Waals surface area contributed by atoms with E-state index in [1.54, 1.807) is 12.1 Å². The van der Waals surface area contributed by atoms with E-state index in [0.29, 0.717) is 11.7 Å². The lowest BCUT2D eigenvalue weighted by molar-refractivity contribution is 0.475. The summed E-state index contributed by atoms with van der Waals surface area (Å²) in [5.74, 6) is 2.14. The maximum atomic E-state index is 9.24. The summed E-state index contributed by atoms with van der Waals surface area (Å²) in [6, 6.07) is 7.18. The van der Waals surface area contributed by atoms with Gasteiger partial charge in [-0.1, -0.05) is 0 Å². The summed E-state index contributed by atoms with van der Waals surface area (Å²) in [6.07, 6.45) is 4.58. The number of hydrogen-bond acceptors (Lipinski definition) is 2. The zero-order chi connectivity index (χ0) is 11.1. The van der Waals surface area contributed by atoms with E-state index in [-0.39, 0.29) is 0 Å². The summed E-state index contributed by atoms with van der Waals surface area (Å²) < 4.78 is 2.11. The monoisotopic (exact) mass is 214 g/mol. The van der Waals surface area contributed by atoms with E-state index < -0.39 is 0 Å². The van der Waals surface area contributed by atoms with Crippen LogP contribution in [-0.4, -0.2) is 14.7 Å². The number of phenols is 1. The number of imidazole rings is 1. The lowest BCUT2D eigenvalue weighted by atomic mass is 10.2. The third-order valence-electron chi connectivity index (χ3n) is 3.02. The van der Waals surface area contributed by atoms with Gasteiger partial charge in [0.15, 0.2) is 0 Å². The highest BCUT2D eigenvalue weighted by molar-refractivity contribution is 5.59. The first kappa shape index (κ1) is 9.46. The quantitative estimate of drug-likeness (QED) is 0.834. The minimum absolute atomic E-state index is 0.294. The summed E-state index contributed by atoms with van der Waals surface area (Å²) in [4.78, 5) is 4.65. The molecule has 1 N–H and O–H groups in total. The number of aryl methyl sites for hydroxylation is 1. The standard InChI is InChI=1S/C13H14N2O/c1-15-8-12(14-13(15)10-2-3-10)9-4-6-11(16)7-5-9/h4-8,10,16H,2-3H2,1H3. The first-order valence-electron chi connectivity index (χ1n) is 5.57. The van der Waals surface area contributed by atoms with Crippen molar-refractivity contribution in [3.05, 3.63) is 36.3 Å². The minimum Gasteiger partial charge on any atom is -0.508 e. The van der Waals surface area contributed by atoms with Crippen LogP contribution < -0.4 is 0 Å². The molecular formula is C13H14N2O. The fraction of sp³-hybridized carbons (Fsp3) is 0.308. The Morgan fingerprint density at radius 1 is 1.25 bits per heavy atom. The second kappa shape index (κ2) is 3.37. The lowest BCUT2D eigenvalue weighted by Gasteiger charge is -1.96. The average Bonchev–Trinajstić information content (AvgIpc) is 3.04. The van der Waals surface area contributed by atoms with Crippen molar-refractivity contribution in [1.82, 2.24) is 9.55 Å². The molecule has 0 unspecified atom stereocenters. The van der Waals surface area contributed by atoms with E-state index in [4.69, 9.17) is 0 Å². The molecule has 3 nitrogen and oxygen atoms in total. The zero-order valence-corrected chi connectivity index (χ0v) is 9.22. The zero-order valence-electron chi connectivity index (χ0n) is 9.22. The van der Waals surface area contributed by atoms with Gasteiger partial charge in [0.2, 0.25) is 0 Å². The van der Waals surface area contributed by atoms with Gasteiger partial charge in [0.05, 0.1) is 5.69 Å². The van der Waals surface area contributed by atoms with Gasteiger partial charge in [-0.05, 0) is 37.1 Å². The molecule has 1 aliphatic rings. The van der Waals surface area contributed by atoms with E-state index in [0.717, 1.165) is 11.3 Å². The van der Waals surface area contributed by atoms with Crippen molar-refractivity contribution in [3.63, 3.8) is 0 Å². The van der Waals surface area contributed by atoms with Crippen molar-refractivity contribution in [2.24, 2.45) is 7.05 Å². The van der Waals surface area contributed by atoms with E-state index in [9.17, 15) is 5.11 Å². The molecule has 1 heterocycles. The fourth-order valence-corrected chi connectivity index (χ4v) is 1.97. The molecule has 1 saturated carbocycles. The van der Waals surface area contributed by atoms with Crippen molar-refractivity contribution in [2.75, 3.05) is 0 Å². The normalized spacial score (nSPS) is 15.3. The van der Waals surface area contributed by atoms with Gasteiger partial charge in [-0.2, -0.15) is 0 Å². The molecule has 1 aliphatic carbocycles. The van der Waals surface area contributed by atoms with Crippen LogP contribution in [0.4, 0.5) is 0 Å². The molecule has 0 bridgehead atoms. The molecule has 1 fully saturated rings. The molecule has 82 valence electrons. The Labute approximate surface area is 94.4 Å². The van der Waals surface area contributed by atoms with Gasteiger partial charge < -0.3 is 9.67 Å². The van der Waals surface area contributed by atoms with Crippen molar-refractivity contribution < 1.29 is 5.11 Å². The Bertz CT molecular complexity index is 509. The van der Waals surface area contributed by atoms with Crippen LogP contribution in [0.25, 0.3) is 11.3 Å². The summed E-state index contributed by atoms with van der Waals surface area (Å²) in [5.41, 5.74) is 2.05.